The van der Waals surface area contributed by atoms with Crippen molar-refractivity contribution in [3.63, 3.8) is 0 Å². The van der Waals surface area contributed by atoms with E-state index >= 15 is 0 Å². The number of aromatic nitrogens is 4. The van der Waals surface area contributed by atoms with Gasteiger partial charge < -0.3 is 10.1 Å². The van der Waals surface area contributed by atoms with Gasteiger partial charge in [-0.05, 0) is 31.0 Å². The molecule has 0 atom stereocenters. The summed E-state index contributed by atoms with van der Waals surface area (Å²) >= 11 is 3.05. The molecule has 2 aromatic carbocycles. The maximum atomic E-state index is 12.3. The fourth-order valence-electron chi connectivity index (χ4n) is 3.36. The molecule has 0 bridgehead atoms. The number of ether oxygens (including phenoxy) is 1. The third-order valence-corrected chi connectivity index (χ3v) is 7.09. The van der Waals surface area contributed by atoms with Crippen LogP contribution in [0, 0.1) is 6.92 Å². The third-order valence-electron chi connectivity index (χ3n) is 5.12. The molecule has 176 valence electrons. The third kappa shape index (κ3) is 6.31. The summed E-state index contributed by atoms with van der Waals surface area (Å²) in [7, 11) is 1.65. The lowest BCUT2D eigenvalue weighted by molar-refractivity contribution is 0.0944. The number of nitrogens with zero attached hydrogens (tertiary/aromatic N) is 4. The maximum Gasteiger partial charge on any atom is 0.270 e. The maximum absolute atomic E-state index is 12.3. The number of rotatable bonds is 11. The van der Waals surface area contributed by atoms with Crippen LogP contribution in [0.3, 0.4) is 0 Å². The molecule has 0 unspecified atom stereocenters. The highest BCUT2D eigenvalue weighted by atomic mass is 32.2. The molecular formula is C25H27N5O2S2. The second kappa shape index (κ2) is 11.9. The minimum atomic E-state index is -0.156. The van der Waals surface area contributed by atoms with Gasteiger partial charge in [0.15, 0.2) is 5.16 Å². The molecule has 0 aliphatic rings. The summed E-state index contributed by atoms with van der Waals surface area (Å²) in [6.45, 7) is 3.26. The van der Waals surface area contributed by atoms with Crippen molar-refractivity contribution in [1.82, 2.24) is 25.1 Å². The monoisotopic (exact) mass is 493 g/mol. The van der Waals surface area contributed by atoms with Gasteiger partial charge in [-0.15, -0.1) is 21.5 Å². The van der Waals surface area contributed by atoms with Gasteiger partial charge in [0, 0.05) is 37.7 Å². The van der Waals surface area contributed by atoms with Gasteiger partial charge in [0.2, 0.25) is 0 Å². The minimum absolute atomic E-state index is 0.156. The Labute approximate surface area is 207 Å². The van der Waals surface area contributed by atoms with Crippen molar-refractivity contribution in [2.45, 2.75) is 30.7 Å². The summed E-state index contributed by atoms with van der Waals surface area (Å²) in [5.41, 5.74) is 3.86. The lowest BCUT2D eigenvalue weighted by atomic mass is 10.1. The summed E-state index contributed by atoms with van der Waals surface area (Å²) in [5, 5.41) is 15.3. The second-order valence-corrected chi connectivity index (χ2v) is 9.63. The molecule has 2 heterocycles. The summed E-state index contributed by atoms with van der Waals surface area (Å²) in [6, 6.07) is 18.6. The van der Waals surface area contributed by atoms with Crippen LogP contribution in [-0.2, 0) is 16.9 Å². The Bertz CT molecular complexity index is 1210. The molecule has 1 N–H and O–H groups in total. The molecule has 0 fully saturated rings. The van der Waals surface area contributed by atoms with Crippen LogP contribution in [0.15, 0.2) is 65.1 Å². The van der Waals surface area contributed by atoms with E-state index in [0.717, 1.165) is 28.1 Å². The average Bonchev–Trinajstić information content (AvgIpc) is 3.49. The first-order valence-corrected chi connectivity index (χ1v) is 12.9. The predicted octanol–water partition coefficient (Wildman–Crippen LogP) is 4.68. The van der Waals surface area contributed by atoms with Crippen LogP contribution < -0.4 is 5.32 Å². The standard InChI is InChI=1S/C25H27N5O2S2/c1-18-9-11-20(12-10-18)30-22(15-19-7-4-3-5-8-19)28-29-25(30)34-17-23-27-21(16-33-23)24(31)26-13-6-14-32-2/h3-5,7-12,16H,6,13-15,17H2,1-2H3,(H,26,31). The Hall–Kier alpha value is -3.01. The average molecular weight is 494 g/mol. The van der Waals surface area contributed by atoms with Gasteiger partial charge in [-0.25, -0.2) is 4.98 Å². The van der Waals surface area contributed by atoms with Crippen LogP contribution >= 0.6 is 23.1 Å². The van der Waals surface area contributed by atoms with Gasteiger partial charge >= 0.3 is 0 Å². The quantitative estimate of drug-likeness (QED) is 0.241. The Morgan fingerprint density at radius 2 is 1.91 bits per heavy atom. The van der Waals surface area contributed by atoms with Crippen LogP contribution in [0.5, 0.6) is 0 Å². The van der Waals surface area contributed by atoms with Gasteiger partial charge in [0.25, 0.3) is 5.91 Å². The Balaban J connectivity index is 1.48. The minimum Gasteiger partial charge on any atom is -0.385 e. The van der Waals surface area contributed by atoms with Crippen LogP contribution in [0.25, 0.3) is 5.69 Å². The lowest BCUT2D eigenvalue weighted by Gasteiger charge is -2.10. The van der Waals surface area contributed by atoms with Crippen molar-refractivity contribution in [2.75, 3.05) is 20.3 Å². The lowest BCUT2D eigenvalue weighted by Crippen LogP contribution is -2.25. The number of carbonyl (C=O) groups excluding carboxylic acids is 1. The van der Waals surface area contributed by atoms with Gasteiger partial charge in [-0.1, -0.05) is 59.8 Å². The number of hydrogen-bond acceptors (Lipinski definition) is 7. The van der Waals surface area contributed by atoms with E-state index < -0.39 is 0 Å². The number of hydrogen-bond donors (Lipinski definition) is 1. The predicted molar refractivity (Wildman–Crippen MR) is 136 cm³/mol. The number of amides is 1. The van der Waals surface area contributed by atoms with Crippen molar-refractivity contribution in [1.29, 1.82) is 0 Å². The van der Waals surface area contributed by atoms with Gasteiger partial charge in [0.1, 0.15) is 16.5 Å². The van der Waals surface area contributed by atoms with Crippen molar-refractivity contribution in [2.24, 2.45) is 0 Å². The highest BCUT2D eigenvalue weighted by Crippen LogP contribution is 2.27. The molecule has 4 aromatic rings. The fourth-order valence-corrected chi connectivity index (χ4v) is 5.12. The Morgan fingerprint density at radius 1 is 1.12 bits per heavy atom. The van der Waals surface area contributed by atoms with Crippen LogP contribution in [0.1, 0.15) is 38.9 Å². The molecule has 0 aliphatic heterocycles. The molecule has 9 heteroatoms. The number of methoxy groups -OCH3 is 1. The molecular weight excluding hydrogens is 466 g/mol. The van der Waals surface area contributed by atoms with Crippen LogP contribution in [-0.4, -0.2) is 45.9 Å². The summed E-state index contributed by atoms with van der Waals surface area (Å²) in [5.74, 6) is 1.33. The van der Waals surface area contributed by atoms with Crippen LogP contribution in [0.2, 0.25) is 0 Å². The summed E-state index contributed by atoms with van der Waals surface area (Å²) in [6.07, 6.45) is 1.46. The Morgan fingerprint density at radius 3 is 2.68 bits per heavy atom. The van der Waals surface area contributed by atoms with Gasteiger partial charge in [0.05, 0.1) is 5.75 Å². The molecule has 0 radical (unpaired) electrons. The molecule has 0 saturated carbocycles. The Kier molecular flexibility index (Phi) is 8.46. The molecule has 1 amide bonds. The topological polar surface area (TPSA) is 81.9 Å². The zero-order chi connectivity index (χ0) is 23.8. The first-order valence-electron chi connectivity index (χ1n) is 11.0. The first-order chi connectivity index (χ1) is 16.6. The molecule has 0 aliphatic carbocycles. The van der Waals surface area contributed by atoms with E-state index in [1.165, 1.54) is 22.5 Å². The van der Waals surface area contributed by atoms with E-state index in [9.17, 15) is 4.79 Å². The van der Waals surface area contributed by atoms with Crippen molar-refractivity contribution < 1.29 is 9.53 Å². The van der Waals surface area contributed by atoms with E-state index in [1.807, 2.05) is 18.2 Å². The van der Waals surface area contributed by atoms with E-state index in [0.29, 0.717) is 31.0 Å². The number of thiazole rings is 1. The smallest absolute Gasteiger partial charge is 0.270 e. The number of benzene rings is 2. The summed E-state index contributed by atoms with van der Waals surface area (Å²) < 4.78 is 7.11. The van der Waals surface area contributed by atoms with E-state index in [1.54, 1.807) is 24.3 Å². The van der Waals surface area contributed by atoms with Crippen LogP contribution in [0.4, 0.5) is 0 Å². The van der Waals surface area contributed by atoms with Crippen molar-refractivity contribution in [3.05, 3.63) is 87.6 Å². The van der Waals surface area contributed by atoms with E-state index in [4.69, 9.17) is 4.74 Å². The number of thioether (sulfide) groups is 1. The highest BCUT2D eigenvalue weighted by molar-refractivity contribution is 7.98. The van der Waals surface area contributed by atoms with E-state index in [2.05, 4.69) is 68.4 Å². The largest absolute Gasteiger partial charge is 0.385 e. The highest BCUT2D eigenvalue weighted by Gasteiger charge is 2.17. The molecule has 0 spiro atoms. The van der Waals surface area contributed by atoms with Gasteiger partial charge in [-0.2, -0.15) is 0 Å². The SMILES string of the molecule is COCCCNC(=O)c1csc(CSc2nnc(Cc3ccccc3)n2-c2ccc(C)cc2)n1. The molecule has 0 saturated heterocycles. The second-order valence-electron chi connectivity index (χ2n) is 7.75. The fraction of sp³-hybridized carbons (Fsp3) is 0.280. The van der Waals surface area contributed by atoms with Crippen molar-refractivity contribution in [3.8, 4) is 5.69 Å². The molecule has 34 heavy (non-hydrogen) atoms. The number of carbonyl (C=O) groups is 1. The normalized spacial score (nSPS) is 11.0. The first kappa shape index (κ1) is 24.1. The van der Waals surface area contributed by atoms with Crippen molar-refractivity contribution >= 4 is 29.0 Å². The molecule has 7 nitrogen and oxygen atoms in total. The number of nitrogens with one attached hydrogen (secondary N) is 1. The molecule has 4 rings (SSSR count). The number of aryl methyl sites for hydroxylation is 1. The summed E-state index contributed by atoms with van der Waals surface area (Å²) in [4.78, 5) is 16.8. The zero-order valence-electron chi connectivity index (χ0n) is 19.2. The van der Waals surface area contributed by atoms with Gasteiger partial charge in [-0.3, -0.25) is 9.36 Å². The zero-order valence-corrected chi connectivity index (χ0v) is 20.9. The van der Waals surface area contributed by atoms with E-state index in [-0.39, 0.29) is 5.91 Å². The molecule has 2 aromatic heterocycles.